The van der Waals surface area contributed by atoms with E-state index in [1.807, 2.05) is 49.4 Å². The Balaban J connectivity index is 1.72. The Morgan fingerprint density at radius 3 is 2.50 bits per heavy atom. The average molecular weight is 448 g/mol. The number of para-hydroxylation sites is 1. The molecule has 4 aromatic rings. The highest BCUT2D eigenvalue weighted by Crippen LogP contribution is 2.36. The summed E-state index contributed by atoms with van der Waals surface area (Å²) in [5.41, 5.74) is 3.71. The predicted octanol–water partition coefficient (Wildman–Crippen LogP) is 5.18. The fourth-order valence-electron chi connectivity index (χ4n) is 3.61. The van der Waals surface area contributed by atoms with Gasteiger partial charge >= 0.3 is 0 Å². The second-order valence-corrected chi connectivity index (χ2v) is 7.96. The molecule has 0 bridgehead atoms. The van der Waals surface area contributed by atoms with Crippen LogP contribution in [0.3, 0.4) is 0 Å². The van der Waals surface area contributed by atoms with E-state index in [4.69, 9.17) is 11.6 Å². The molecule has 1 amide bonds. The van der Waals surface area contributed by atoms with Gasteiger partial charge in [-0.05, 0) is 42.3 Å². The summed E-state index contributed by atoms with van der Waals surface area (Å²) in [5.74, 6) is -0.849. The van der Waals surface area contributed by atoms with Gasteiger partial charge in [-0.25, -0.2) is 4.68 Å². The summed E-state index contributed by atoms with van der Waals surface area (Å²) in [7, 11) is 1.63. The van der Waals surface area contributed by atoms with Gasteiger partial charge in [0.25, 0.3) is 5.91 Å². The van der Waals surface area contributed by atoms with Crippen LogP contribution in [0.2, 0.25) is 5.02 Å². The SMILES string of the molecule is Cc1ccccc1-n1nccc1-c1cc(C(=O)N(C)Cc2ccccc2Cl)c(O)cc1O. The van der Waals surface area contributed by atoms with Crippen LogP contribution < -0.4 is 0 Å². The Hall–Kier alpha value is -3.77. The van der Waals surface area contributed by atoms with Crippen LogP contribution in [0.5, 0.6) is 11.5 Å². The van der Waals surface area contributed by atoms with Crippen LogP contribution in [-0.4, -0.2) is 37.8 Å². The Kier molecular flexibility index (Phi) is 5.88. The molecule has 6 nitrogen and oxygen atoms in total. The Morgan fingerprint density at radius 1 is 1.03 bits per heavy atom. The summed E-state index contributed by atoms with van der Waals surface area (Å²) < 4.78 is 1.70. The highest BCUT2D eigenvalue weighted by molar-refractivity contribution is 6.31. The lowest BCUT2D eigenvalue weighted by molar-refractivity contribution is 0.0782. The van der Waals surface area contributed by atoms with E-state index in [0.29, 0.717) is 16.3 Å². The summed E-state index contributed by atoms with van der Waals surface area (Å²) in [4.78, 5) is 14.6. The Bertz CT molecular complexity index is 1300. The second kappa shape index (κ2) is 8.77. The molecule has 3 aromatic carbocycles. The summed E-state index contributed by atoms with van der Waals surface area (Å²) in [6, 6.07) is 19.4. The molecule has 0 unspecified atom stereocenters. The predicted molar refractivity (Wildman–Crippen MR) is 124 cm³/mol. The third-order valence-electron chi connectivity index (χ3n) is 5.32. The fourth-order valence-corrected chi connectivity index (χ4v) is 3.81. The molecule has 0 aliphatic rings. The first-order valence-corrected chi connectivity index (χ1v) is 10.4. The standard InChI is InChI=1S/C25H22ClN3O3/c1-16-7-3-6-10-21(16)29-22(11-12-27-29)18-13-19(24(31)14-23(18)30)25(32)28(2)15-17-8-4-5-9-20(17)26/h3-14,30-31H,15H2,1-2H3. The van der Waals surface area contributed by atoms with Crippen molar-refractivity contribution in [2.75, 3.05) is 7.05 Å². The lowest BCUT2D eigenvalue weighted by Crippen LogP contribution is -2.26. The molecule has 0 saturated carbocycles. The Morgan fingerprint density at radius 2 is 1.75 bits per heavy atom. The van der Waals surface area contributed by atoms with Gasteiger partial charge in [-0.1, -0.05) is 48.0 Å². The zero-order chi connectivity index (χ0) is 22.8. The second-order valence-electron chi connectivity index (χ2n) is 7.55. The van der Waals surface area contributed by atoms with Crippen molar-refractivity contribution in [2.45, 2.75) is 13.5 Å². The van der Waals surface area contributed by atoms with Crippen molar-refractivity contribution < 1.29 is 15.0 Å². The van der Waals surface area contributed by atoms with Crippen molar-refractivity contribution in [3.8, 4) is 28.4 Å². The number of carbonyl (C=O) groups is 1. The van der Waals surface area contributed by atoms with Gasteiger partial charge in [0.1, 0.15) is 11.5 Å². The molecular weight excluding hydrogens is 426 g/mol. The van der Waals surface area contributed by atoms with Gasteiger partial charge in [-0.15, -0.1) is 0 Å². The number of benzene rings is 3. The van der Waals surface area contributed by atoms with E-state index >= 15 is 0 Å². The number of hydrogen-bond acceptors (Lipinski definition) is 4. The molecule has 1 aromatic heterocycles. The topological polar surface area (TPSA) is 78.6 Å². The normalized spacial score (nSPS) is 10.8. The highest BCUT2D eigenvalue weighted by Gasteiger charge is 2.22. The zero-order valence-electron chi connectivity index (χ0n) is 17.7. The molecule has 0 aliphatic carbocycles. The number of rotatable bonds is 5. The van der Waals surface area contributed by atoms with E-state index in [0.717, 1.165) is 16.8 Å². The van der Waals surface area contributed by atoms with Crippen LogP contribution in [0.1, 0.15) is 21.5 Å². The molecular formula is C25H22ClN3O3. The zero-order valence-corrected chi connectivity index (χ0v) is 18.4. The van der Waals surface area contributed by atoms with Gasteiger partial charge < -0.3 is 15.1 Å². The van der Waals surface area contributed by atoms with Crippen molar-refractivity contribution in [3.63, 3.8) is 0 Å². The first-order chi connectivity index (χ1) is 15.4. The summed E-state index contributed by atoms with van der Waals surface area (Å²) in [6.07, 6.45) is 1.62. The summed E-state index contributed by atoms with van der Waals surface area (Å²) >= 11 is 6.22. The molecule has 32 heavy (non-hydrogen) atoms. The first kappa shape index (κ1) is 21.5. The lowest BCUT2D eigenvalue weighted by atomic mass is 10.0. The van der Waals surface area contributed by atoms with Crippen LogP contribution in [0.25, 0.3) is 16.9 Å². The third kappa shape index (κ3) is 4.05. The molecule has 0 spiro atoms. The van der Waals surface area contributed by atoms with Crippen LogP contribution in [-0.2, 0) is 6.54 Å². The van der Waals surface area contributed by atoms with E-state index in [2.05, 4.69) is 5.10 Å². The van der Waals surface area contributed by atoms with Gasteiger partial charge in [0.15, 0.2) is 0 Å². The smallest absolute Gasteiger partial charge is 0.257 e. The molecule has 162 valence electrons. The summed E-state index contributed by atoms with van der Waals surface area (Å²) in [5, 5.41) is 26.0. The molecule has 0 fully saturated rings. The van der Waals surface area contributed by atoms with Crippen LogP contribution in [0.4, 0.5) is 0 Å². The maximum atomic E-state index is 13.1. The molecule has 7 heteroatoms. The van der Waals surface area contributed by atoms with E-state index < -0.39 is 5.91 Å². The van der Waals surface area contributed by atoms with Crippen molar-refractivity contribution in [1.29, 1.82) is 0 Å². The van der Waals surface area contributed by atoms with E-state index in [-0.39, 0.29) is 23.6 Å². The number of aromatic nitrogens is 2. The lowest BCUT2D eigenvalue weighted by Gasteiger charge is -2.20. The maximum Gasteiger partial charge on any atom is 0.257 e. The minimum atomic E-state index is -0.398. The van der Waals surface area contributed by atoms with Gasteiger partial charge in [0.05, 0.1) is 23.1 Å². The van der Waals surface area contributed by atoms with Gasteiger partial charge in [0, 0.05) is 30.2 Å². The van der Waals surface area contributed by atoms with E-state index in [1.54, 1.807) is 30.1 Å². The van der Waals surface area contributed by atoms with Crippen LogP contribution in [0.15, 0.2) is 72.9 Å². The summed E-state index contributed by atoms with van der Waals surface area (Å²) in [6.45, 7) is 2.24. The fraction of sp³-hybridized carbons (Fsp3) is 0.120. The number of phenolic OH excluding ortho intramolecular Hbond substituents is 2. The molecule has 0 saturated heterocycles. The highest BCUT2D eigenvalue weighted by atomic mass is 35.5. The number of aromatic hydroxyl groups is 2. The molecule has 2 N–H and O–H groups in total. The number of phenols is 2. The molecule has 1 heterocycles. The van der Waals surface area contributed by atoms with Gasteiger partial charge in [-0.2, -0.15) is 5.10 Å². The number of hydrogen-bond donors (Lipinski definition) is 2. The maximum absolute atomic E-state index is 13.1. The molecule has 0 atom stereocenters. The van der Waals surface area contributed by atoms with Gasteiger partial charge in [-0.3, -0.25) is 4.79 Å². The van der Waals surface area contributed by atoms with Crippen molar-refractivity contribution in [3.05, 3.63) is 94.6 Å². The quantitative estimate of drug-likeness (QED) is 0.441. The molecule has 4 rings (SSSR count). The van der Waals surface area contributed by atoms with Gasteiger partial charge in [0.2, 0.25) is 0 Å². The number of carbonyl (C=O) groups excluding carboxylic acids is 1. The van der Waals surface area contributed by atoms with Crippen molar-refractivity contribution in [2.24, 2.45) is 0 Å². The first-order valence-electron chi connectivity index (χ1n) is 10.0. The van der Waals surface area contributed by atoms with Crippen LogP contribution in [0, 0.1) is 6.92 Å². The molecule has 0 radical (unpaired) electrons. The van der Waals surface area contributed by atoms with Crippen molar-refractivity contribution in [1.82, 2.24) is 14.7 Å². The monoisotopic (exact) mass is 447 g/mol. The minimum Gasteiger partial charge on any atom is -0.507 e. The van der Waals surface area contributed by atoms with E-state index in [9.17, 15) is 15.0 Å². The number of halogens is 1. The van der Waals surface area contributed by atoms with E-state index in [1.165, 1.54) is 17.0 Å². The number of amides is 1. The minimum absolute atomic E-state index is 0.0740. The largest absolute Gasteiger partial charge is 0.507 e. The average Bonchev–Trinajstić information content (AvgIpc) is 3.24. The molecule has 0 aliphatic heterocycles. The number of nitrogens with zero attached hydrogens (tertiary/aromatic N) is 3. The van der Waals surface area contributed by atoms with Crippen molar-refractivity contribution >= 4 is 17.5 Å². The third-order valence-corrected chi connectivity index (χ3v) is 5.69. The number of aryl methyl sites for hydroxylation is 1. The van der Waals surface area contributed by atoms with Crippen LogP contribution >= 0.6 is 11.6 Å². The Labute approximate surface area is 190 Å².